The summed E-state index contributed by atoms with van der Waals surface area (Å²) in [5.41, 5.74) is 4.95. The third-order valence-electron chi connectivity index (χ3n) is 4.25. The van der Waals surface area contributed by atoms with Gasteiger partial charge in [0.1, 0.15) is 0 Å². The summed E-state index contributed by atoms with van der Waals surface area (Å²) in [5, 5.41) is 2.80. The highest BCUT2D eigenvalue weighted by molar-refractivity contribution is 7.89. The van der Waals surface area contributed by atoms with E-state index in [1.54, 1.807) is 13.8 Å². The second-order valence-corrected chi connectivity index (χ2v) is 8.53. The second kappa shape index (κ2) is 7.60. The number of sulfonamides is 1. The topological polar surface area (TPSA) is 75.3 Å². The molecule has 26 heavy (non-hydrogen) atoms. The summed E-state index contributed by atoms with van der Waals surface area (Å²) in [6.45, 7) is 10.8. The van der Waals surface area contributed by atoms with Gasteiger partial charge in [-0.05, 0) is 69.9 Å². The molecular formula is C20H26N2O3S. The zero-order valence-corrected chi connectivity index (χ0v) is 16.9. The summed E-state index contributed by atoms with van der Waals surface area (Å²) < 4.78 is 28.1. The van der Waals surface area contributed by atoms with Gasteiger partial charge in [0.25, 0.3) is 0 Å². The SMILES string of the molecule is Cc1cc(C)c(S(=O)(=O)NC(C)C(=O)Nc2cc(C)ccc2C)c(C)c1. The molecule has 0 saturated carbocycles. The third kappa shape index (κ3) is 4.51. The van der Waals surface area contributed by atoms with E-state index in [9.17, 15) is 13.2 Å². The maximum absolute atomic E-state index is 12.8. The normalized spacial score (nSPS) is 12.7. The molecule has 140 valence electrons. The number of hydrogen-bond donors (Lipinski definition) is 2. The zero-order valence-electron chi connectivity index (χ0n) is 16.1. The van der Waals surface area contributed by atoms with Crippen LogP contribution in [-0.2, 0) is 14.8 Å². The fraction of sp³-hybridized carbons (Fsp3) is 0.350. The van der Waals surface area contributed by atoms with Crippen molar-refractivity contribution >= 4 is 21.6 Å². The van der Waals surface area contributed by atoms with Crippen LogP contribution in [0.15, 0.2) is 35.2 Å². The summed E-state index contributed by atoms with van der Waals surface area (Å²) >= 11 is 0. The summed E-state index contributed by atoms with van der Waals surface area (Å²) in [6.07, 6.45) is 0. The summed E-state index contributed by atoms with van der Waals surface area (Å²) in [4.78, 5) is 12.7. The van der Waals surface area contributed by atoms with Gasteiger partial charge in [-0.3, -0.25) is 4.79 Å². The molecule has 2 aromatic rings. The summed E-state index contributed by atoms with van der Waals surface area (Å²) in [6, 6.07) is 8.48. The Morgan fingerprint density at radius 2 is 1.46 bits per heavy atom. The fourth-order valence-corrected chi connectivity index (χ4v) is 4.70. The van der Waals surface area contributed by atoms with Gasteiger partial charge < -0.3 is 5.32 Å². The largest absolute Gasteiger partial charge is 0.324 e. The van der Waals surface area contributed by atoms with Gasteiger partial charge in [0.2, 0.25) is 15.9 Å². The number of hydrogen-bond acceptors (Lipinski definition) is 3. The van der Waals surface area contributed by atoms with Crippen LogP contribution < -0.4 is 10.0 Å². The molecule has 1 unspecified atom stereocenters. The molecule has 6 heteroatoms. The van der Waals surface area contributed by atoms with Crippen LogP contribution in [0.3, 0.4) is 0 Å². The molecule has 0 bridgehead atoms. The Kier molecular flexibility index (Phi) is 5.88. The number of benzene rings is 2. The lowest BCUT2D eigenvalue weighted by molar-refractivity contribution is -0.117. The van der Waals surface area contributed by atoms with E-state index in [2.05, 4.69) is 10.0 Å². The van der Waals surface area contributed by atoms with E-state index in [0.717, 1.165) is 16.7 Å². The smallest absolute Gasteiger partial charge is 0.242 e. The van der Waals surface area contributed by atoms with Crippen LogP contribution in [0.25, 0.3) is 0 Å². The Balaban J connectivity index is 2.22. The van der Waals surface area contributed by atoms with Gasteiger partial charge in [-0.15, -0.1) is 0 Å². The van der Waals surface area contributed by atoms with Gasteiger partial charge in [-0.1, -0.05) is 29.8 Å². The lowest BCUT2D eigenvalue weighted by Crippen LogP contribution is -2.42. The lowest BCUT2D eigenvalue weighted by Gasteiger charge is -2.18. The van der Waals surface area contributed by atoms with Crippen LogP contribution in [0, 0.1) is 34.6 Å². The Morgan fingerprint density at radius 3 is 2.04 bits per heavy atom. The van der Waals surface area contributed by atoms with E-state index < -0.39 is 22.0 Å². The minimum atomic E-state index is -3.80. The number of nitrogens with one attached hydrogen (secondary N) is 2. The van der Waals surface area contributed by atoms with E-state index >= 15 is 0 Å². The molecule has 0 aliphatic heterocycles. The first-order chi connectivity index (χ1) is 12.0. The predicted octanol–water partition coefficient (Wildman–Crippen LogP) is 3.53. The molecule has 2 N–H and O–H groups in total. The highest BCUT2D eigenvalue weighted by atomic mass is 32.2. The number of amides is 1. The van der Waals surface area contributed by atoms with Crippen molar-refractivity contribution in [1.82, 2.24) is 4.72 Å². The number of anilines is 1. The number of rotatable bonds is 5. The maximum atomic E-state index is 12.8. The average molecular weight is 375 g/mol. The molecule has 0 saturated heterocycles. The van der Waals surface area contributed by atoms with Gasteiger partial charge in [-0.25, -0.2) is 8.42 Å². The first-order valence-electron chi connectivity index (χ1n) is 8.49. The third-order valence-corrected chi connectivity index (χ3v) is 6.09. The molecule has 1 atom stereocenters. The van der Waals surface area contributed by atoms with E-state index in [0.29, 0.717) is 16.8 Å². The predicted molar refractivity (Wildman–Crippen MR) is 105 cm³/mol. The van der Waals surface area contributed by atoms with Gasteiger partial charge in [-0.2, -0.15) is 4.72 Å². The van der Waals surface area contributed by atoms with Crippen LogP contribution in [0.5, 0.6) is 0 Å². The van der Waals surface area contributed by atoms with Crippen LogP contribution in [0.4, 0.5) is 5.69 Å². The van der Waals surface area contributed by atoms with Crippen molar-refractivity contribution in [3.8, 4) is 0 Å². The van der Waals surface area contributed by atoms with Crippen LogP contribution in [0.2, 0.25) is 0 Å². The molecular weight excluding hydrogens is 348 g/mol. The van der Waals surface area contributed by atoms with Gasteiger partial charge in [0, 0.05) is 5.69 Å². The second-order valence-electron chi connectivity index (χ2n) is 6.88. The van der Waals surface area contributed by atoms with E-state index in [1.165, 1.54) is 6.92 Å². The molecule has 0 radical (unpaired) electrons. The quantitative estimate of drug-likeness (QED) is 0.841. The number of aryl methyl sites for hydroxylation is 5. The highest BCUT2D eigenvalue weighted by Gasteiger charge is 2.25. The Labute approximate surface area is 155 Å². The summed E-state index contributed by atoms with van der Waals surface area (Å²) in [7, 11) is -3.80. The van der Waals surface area contributed by atoms with Crippen molar-refractivity contribution in [2.24, 2.45) is 0 Å². The van der Waals surface area contributed by atoms with Crippen molar-refractivity contribution in [1.29, 1.82) is 0 Å². The Morgan fingerprint density at radius 1 is 0.885 bits per heavy atom. The van der Waals surface area contributed by atoms with Gasteiger partial charge in [0.05, 0.1) is 10.9 Å². The summed E-state index contributed by atoms with van der Waals surface area (Å²) in [5.74, 6) is -0.398. The molecule has 0 aromatic heterocycles. The van der Waals surface area contributed by atoms with Crippen molar-refractivity contribution in [2.75, 3.05) is 5.32 Å². The van der Waals surface area contributed by atoms with Crippen molar-refractivity contribution in [3.05, 3.63) is 58.1 Å². The van der Waals surface area contributed by atoms with Crippen LogP contribution in [-0.4, -0.2) is 20.4 Å². The van der Waals surface area contributed by atoms with Crippen LogP contribution in [0.1, 0.15) is 34.7 Å². The maximum Gasteiger partial charge on any atom is 0.242 e. The zero-order chi connectivity index (χ0) is 19.6. The molecule has 0 aliphatic rings. The van der Waals surface area contributed by atoms with Crippen molar-refractivity contribution < 1.29 is 13.2 Å². The average Bonchev–Trinajstić information content (AvgIpc) is 2.48. The molecule has 0 fully saturated rings. The molecule has 1 amide bonds. The van der Waals surface area contributed by atoms with E-state index in [4.69, 9.17) is 0 Å². The first-order valence-corrected chi connectivity index (χ1v) is 9.98. The van der Waals surface area contributed by atoms with E-state index in [-0.39, 0.29) is 4.90 Å². The molecule has 0 heterocycles. The standard InChI is InChI=1S/C20H26N2O3S/c1-12-7-8-14(3)18(11-12)21-20(23)17(6)22-26(24,25)19-15(4)9-13(2)10-16(19)5/h7-11,17,22H,1-6H3,(H,21,23). The molecule has 2 aromatic carbocycles. The van der Waals surface area contributed by atoms with Crippen molar-refractivity contribution in [2.45, 2.75) is 52.5 Å². The Bertz CT molecular complexity index is 927. The minimum absolute atomic E-state index is 0.231. The molecule has 0 spiro atoms. The lowest BCUT2D eigenvalue weighted by atomic mass is 10.1. The molecule has 0 aliphatic carbocycles. The van der Waals surface area contributed by atoms with Gasteiger partial charge in [0.15, 0.2) is 0 Å². The molecule has 5 nitrogen and oxygen atoms in total. The Hall–Kier alpha value is -2.18. The first kappa shape index (κ1) is 20.1. The minimum Gasteiger partial charge on any atom is -0.324 e. The van der Waals surface area contributed by atoms with Crippen LogP contribution >= 0.6 is 0 Å². The monoisotopic (exact) mass is 374 g/mol. The molecule has 2 rings (SSSR count). The van der Waals surface area contributed by atoms with Gasteiger partial charge >= 0.3 is 0 Å². The fourth-order valence-electron chi connectivity index (χ4n) is 3.05. The number of carbonyl (C=O) groups excluding carboxylic acids is 1. The van der Waals surface area contributed by atoms with Crippen molar-refractivity contribution in [3.63, 3.8) is 0 Å². The van der Waals surface area contributed by atoms with E-state index in [1.807, 2.05) is 51.1 Å². The number of carbonyl (C=O) groups is 1. The highest BCUT2D eigenvalue weighted by Crippen LogP contribution is 2.22.